The Morgan fingerprint density at radius 2 is 1.86 bits per heavy atom. The smallest absolute Gasteiger partial charge is 0.442 e. The van der Waals surface area contributed by atoms with E-state index in [1.807, 2.05) is 6.08 Å². The van der Waals surface area contributed by atoms with Gasteiger partial charge >= 0.3 is 17.8 Å². The average molecular weight is 415 g/mol. The zero-order valence-corrected chi connectivity index (χ0v) is 15.8. The predicted molar refractivity (Wildman–Crippen MR) is 95.5 cm³/mol. The Hall–Kier alpha value is -2.29. The molecule has 3 rings (SSSR count). The minimum absolute atomic E-state index is 0.209. The third kappa shape index (κ3) is 3.80. The Labute approximate surface area is 164 Å². The minimum Gasteiger partial charge on any atom is -0.465 e. The number of hydrogen-bond donors (Lipinski definition) is 0. The van der Waals surface area contributed by atoms with Gasteiger partial charge in [-0.05, 0) is 40.8 Å². The lowest BCUT2D eigenvalue weighted by molar-refractivity contribution is -0.187. The molecule has 0 radical (unpaired) electrons. The summed E-state index contributed by atoms with van der Waals surface area (Å²) in [4.78, 5) is 12.3. The summed E-state index contributed by atoms with van der Waals surface area (Å²) >= 11 is 6.16. The van der Waals surface area contributed by atoms with Crippen LogP contribution < -0.4 is 0 Å². The van der Waals surface area contributed by atoms with Gasteiger partial charge in [0, 0.05) is 10.6 Å². The lowest BCUT2D eigenvalue weighted by atomic mass is 9.86. The summed E-state index contributed by atoms with van der Waals surface area (Å²) in [5.74, 6) is -0.361. The highest BCUT2D eigenvalue weighted by molar-refractivity contribution is 6.32. The van der Waals surface area contributed by atoms with Crippen molar-refractivity contribution in [3.63, 3.8) is 0 Å². The zero-order valence-electron chi connectivity index (χ0n) is 15.0. The van der Waals surface area contributed by atoms with Gasteiger partial charge in [-0.15, -0.1) is 10.2 Å². The van der Waals surface area contributed by atoms with E-state index in [0.29, 0.717) is 5.56 Å². The van der Waals surface area contributed by atoms with E-state index >= 15 is 0 Å². The molecular formula is C18H18ClF3N4O2. The highest BCUT2D eigenvalue weighted by Crippen LogP contribution is 2.48. The summed E-state index contributed by atoms with van der Waals surface area (Å²) in [6.45, 7) is 0. The maximum atomic E-state index is 13.6. The Morgan fingerprint density at radius 1 is 1.21 bits per heavy atom. The molecule has 0 spiro atoms. The van der Waals surface area contributed by atoms with E-state index in [2.05, 4.69) is 20.7 Å². The van der Waals surface area contributed by atoms with E-state index in [4.69, 9.17) is 16.3 Å². The van der Waals surface area contributed by atoms with Crippen LogP contribution in [-0.4, -0.2) is 19.3 Å². The van der Waals surface area contributed by atoms with Gasteiger partial charge in [-0.2, -0.15) is 13.2 Å². The summed E-state index contributed by atoms with van der Waals surface area (Å²) in [6, 6.07) is 3.81. The van der Waals surface area contributed by atoms with E-state index in [1.54, 1.807) is 0 Å². The van der Waals surface area contributed by atoms with Crippen molar-refractivity contribution in [1.82, 2.24) is 0 Å². The molecule has 1 saturated carbocycles. The van der Waals surface area contributed by atoms with Gasteiger partial charge in [-0.1, -0.05) is 49.1 Å². The van der Waals surface area contributed by atoms with E-state index in [9.17, 15) is 18.0 Å². The van der Waals surface area contributed by atoms with Crippen LogP contribution in [0.25, 0.3) is 5.57 Å². The third-order valence-corrected chi connectivity index (χ3v) is 5.24. The van der Waals surface area contributed by atoms with E-state index in [-0.39, 0.29) is 16.5 Å². The fraction of sp³-hybridized carbons (Fsp3) is 0.500. The lowest BCUT2D eigenvalue weighted by Gasteiger charge is -2.24. The largest absolute Gasteiger partial charge is 0.465 e. The maximum absolute atomic E-state index is 13.6. The number of alkyl halides is 3. The Bertz CT molecular complexity index is 834. The number of benzene rings is 1. The molecule has 1 aliphatic heterocycles. The number of carbonyl (C=O) groups excluding carboxylic acids is 1. The number of rotatable bonds is 4. The van der Waals surface area contributed by atoms with Crippen molar-refractivity contribution in [1.29, 1.82) is 0 Å². The van der Waals surface area contributed by atoms with Crippen LogP contribution >= 0.6 is 11.6 Å². The number of allylic oxidation sites excluding steroid dienone is 1. The summed E-state index contributed by atoms with van der Waals surface area (Å²) in [6.07, 6.45) is 2.14. The molecular weight excluding hydrogens is 397 g/mol. The molecule has 0 amide bonds. The first-order chi connectivity index (χ1) is 13.3. The number of carbonyl (C=O) groups is 1. The van der Waals surface area contributed by atoms with Crippen LogP contribution in [0.2, 0.25) is 5.02 Å². The second kappa shape index (κ2) is 7.98. The minimum atomic E-state index is -4.87. The van der Waals surface area contributed by atoms with Crippen molar-refractivity contribution >= 4 is 23.1 Å². The Kier molecular flexibility index (Phi) is 5.83. The molecule has 1 fully saturated rings. The first-order valence-electron chi connectivity index (χ1n) is 8.80. The van der Waals surface area contributed by atoms with Gasteiger partial charge in [0.05, 0.1) is 12.7 Å². The number of methoxy groups -OCH3 is 1. The number of esters is 1. The molecule has 2 aliphatic rings. The molecule has 0 N–H and O–H groups in total. The maximum Gasteiger partial charge on any atom is 0.442 e. The zero-order chi connectivity index (χ0) is 20.4. The van der Waals surface area contributed by atoms with Gasteiger partial charge in [0.1, 0.15) is 0 Å². The first kappa shape index (κ1) is 20.4. The average Bonchev–Trinajstić information content (AvgIpc) is 3.17. The molecule has 150 valence electrons. The standard InChI is InChI=1S/C18H18ClF3N4O2/c1-28-16(27)13(9-11-5-3-2-4-6-11)12-7-8-14(15(19)10-12)17(18(20,21)22)23-25-26-24-17/h7-11H,2-6H2,1H3/b13-9+. The van der Waals surface area contributed by atoms with Crippen molar-refractivity contribution in [2.45, 2.75) is 43.9 Å². The van der Waals surface area contributed by atoms with Crippen molar-refractivity contribution in [2.24, 2.45) is 26.6 Å². The van der Waals surface area contributed by atoms with Gasteiger partial charge in [0.15, 0.2) is 0 Å². The van der Waals surface area contributed by atoms with Gasteiger partial charge in [0.2, 0.25) is 0 Å². The second-order valence-electron chi connectivity index (χ2n) is 6.71. The second-order valence-corrected chi connectivity index (χ2v) is 7.12. The summed E-state index contributed by atoms with van der Waals surface area (Å²) in [7, 11) is 1.25. The molecule has 28 heavy (non-hydrogen) atoms. The van der Waals surface area contributed by atoms with Crippen molar-refractivity contribution in [3.8, 4) is 0 Å². The van der Waals surface area contributed by atoms with Crippen LogP contribution in [0, 0.1) is 5.92 Å². The van der Waals surface area contributed by atoms with E-state index < -0.39 is 23.4 Å². The van der Waals surface area contributed by atoms with Crippen LogP contribution in [-0.2, 0) is 15.2 Å². The highest BCUT2D eigenvalue weighted by atomic mass is 35.5. The summed E-state index contributed by atoms with van der Waals surface area (Å²) < 4.78 is 45.6. The normalized spacial score (nSPS) is 19.8. The molecule has 0 saturated heterocycles. The molecule has 0 aromatic heterocycles. The molecule has 0 atom stereocenters. The van der Waals surface area contributed by atoms with Gasteiger partial charge in [-0.3, -0.25) is 0 Å². The highest BCUT2D eigenvalue weighted by Gasteiger charge is 2.61. The van der Waals surface area contributed by atoms with Crippen LogP contribution in [0.1, 0.15) is 43.2 Å². The number of hydrogen-bond acceptors (Lipinski definition) is 6. The Balaban J connectivity index is 2.02. The molecule has 10 heteroatoms. The summed E-state index contributed by atoms with van der Waals surface area (Å²) in [5.41, 5.74) is -2.73. The molecule has 1 aromatic rings. The third-order valence-electron chi connectivity index (χ3n) is 4.93. The van der Waals surface area contributed by atoms with E-state index in [1.165, 1.54) is 19.2 Å². The van der Waals surface area contributed by atoms with Crippen LogP contribution in [0.4, 0.5) is 13.2 Å². The predicted octanol–water partition coefficient (Wildman–Crippen LogP) is 6.02. The van der Waals surface area contributed by atoms with E-state index in [0.717, 1.165) is 38.2 Å². The molecule has 6 nitrogen and oxygen atoms in total. The molecule has 1 aliphatic carbocycles. The Morgan fingerprint density at radius 3 is 2.39 bits per heavy atom. The number of nitrogens with zero attached hydrogens (tertiary/aromatic N) is 4. The van der Waals surface area contributed by atoms with Crippen LogP contribution in [0.3, 0.4) is 0 Å². The quantitative estimate of drug-likeness (QED) is 0.446. The molecule has 1 aromatic carbocycles. The SMILES string of the molecule is COC(=O)/C(=C/C1CCCCC1)c1ccc(C2(C(F)(F)F)N=NN=N2)c(Cl)c1. The van der Waals surface area contributed by atoms with Gasteiger partial charge in [0.25, 0.3) is 0 Å². The van der Waals surface area contributed by atoms with Gasteiger partial charge < -0.3 is 4.74 Å². The molecule has 0 unspecified atom stereocenters. The van der Waals surface area contributed by atoms with Crippen molar-refractivity contribution < 1.29 is 22.7 Å². The topological polar surface area (TPSA) is 75.7 Å². The molecule has 0 bridgehead atoms. The fourth-order valence-electron chi connectivity index (χ4n) is 3.46. The number of ether oxygens (including phenoxy) is 1. The van der Waals surface area contributed by atoms with Crippen molar-refractivity contribution in [2.75, 3.05) is 7.11 Å². The first-order valence-corrected chi connectivity index (χ1v) is 9.17. The fourth-order valence-corrected chi connectivity index (χ4v) is 3.77. The van der Waals surface area contributed by atoms with Crippen molar-refractivity contribution in [3.05, 3.63) is 40.4 Å². The molecule has 1 heterocycles. The summed E-state index contributed by atoms with van der Waals surface area (Å²) in [5, 5.41) is 12.1. The number of halogens is 4. The van der Waals surface area contributed by atoms with Crippen LogP contribution in [0.15, 0.2) is 45.0 Å². The van der Waals surface area contributed by atoms with Crippen LogP contribution in [0.5, 0.6) is 0 Å². The van der Waals surface area contributed by atoms with Gasteiger partial charge in [-0.25, -0.2) is 4.79 Å². The monoisotopic (exact) mass is 414 g/mol. The lowest BCUT2D eigenvalue weighted by Crippen LogP contribution is -2.37.